The molecule has 0 fully saturated rings. The van der Waals surface area contributed by atoms with Gasteiger partial charge < -0.3 is 13.9 Å². The fraction of sp³-hybridized carbons (Fsp3) is 0.478. The van der Waals surface area contributed by atoms with Gasteiger partial charge in [-0.3, -0.25) is 4.79 Å². The Labute approximate surface area is 164 Å². The number of hydrogen-bond acceptors (Lipinski definition) is 5. The second-order valence-electron chi connectivity index (χ2n) is 8.25. The van der Waals surface area contributed by atoms with Crippen LogP contribution in [-0.2, 0) is 6.42 Å². The number of carbonyl (C=O) groups excluding carboxylic acids is 1. The highest BCUT2D eigenvalue weighted by Gasteiger charge is 2.40. The van der Waals surface area contributed by atoms with Crippen LogP contribution in [0.1, 0.15) is 68.9 Å². The molecule has 5 nitrogen and oxygen atoms in total. The van der Waals surface area contributed by atoms with E-state index in [2.05, 4.69) is 6.92 Å². The van der Waals surface area contributed by atoms with Crippen LogP contribution in [0.3, 0.4) is 0 Å². The van der Waals surface area contributed by atoms with E-state index in [1.54, 1.807) is 0 Å². The quantitative estimate of drug-likeness (QED) is 0.705. The molecule has 5 heteroatoms. The van der Waals surface area contributed by atoms with Crippen molar-refractivity contribution in [2.75, 3.05) is 0 Å². The molecule has 1 aromatic carbocycles. The maximum absolute atomic E-state index is 13.3. The van der Waals surface area contributed by atoms with Gasteiger partial charge in [0, 0.05) is 6.07 Å². The third-order valence-electron chi connectivity index (χ3n) is 5.64. The zero-order valence-corrected chi connectivity index (χ0v) is 17.0. The van der Waals surface area contributed by atoms with Gasteiger partial charge in [0.15, 0.2) is 11.4 Å². The van der Waals surface area contributed by atoms with Gasteiger partial charge in [0.2, 0.25) is 0 Å². The predicted octanol–water partition coefficient (Wildman–Crippen LogP) is 4.92. The summed E-state index contributed by atoms with van der Waals surface area (Å²) in [4.78, 5) is 25.6. The molecule has 4 rings (SSSR count). The lowest BCUT2D eigenvalue weighted by Gasteiger charge is -2.35. The van der Waals surface area contributed by atoms with Crippen molar-refractivity contribution in [3.8, 4) is 11.5 Å². The second-order valence-corrected chi connectivity index (χ2v) is 8.25. The molecule has 148 valence electrons. The van der Waals surface area contributed by atoms with Gasteiger partial charge in [-0.1, -0.05) is 27.2 Å². The van der Waals surface area contributed by atoms with Gasteiger partial charge in [-0.2, -0.15) is 0 Å². The molecule has 1 aromatic heterocycles. The molecule has 3 heterocycles. The first-order chi connectivity index (χ1) is 13.3. The molecule has 0 saturated heterocycles. The van der Waals surface area contributed by atoms with E-state index in [1.807, 2.05) is 39.8 Å². The molecule has 0 unspecified atom stereocenters. The van der Waals surface area contributed by atoms with Gasteiger partial charge in [0.1, 0.15) is 28.8 Å². The lowest BCUT2D eigenvalue weighted by atomic mass is 9.85. The number of aryl methyl sites for hydroxylation is 1. The van der Waals surface area contributed by atoms with Gasteiger partial charge in [0.05, 0.1) is 16.9 Å². The second kappa shape index (κ2) is 6.50. The number of fused-ring (bicyclic) bond motifs is 6. The number of ketones is 1. The average molecular weight is 382 g/mol. The molecule has 0 spiro atoms. The van der Waals surface area contributed by atoms with Crippen molar-refractivity contribution in [2.24, 2.45) is 5.92 Å². The van der Waals surface area contributed by atoms with Gasteiger partial charge in [0.25, 0.3) is 0 Å². The Bertz CT molecular complexity index is 1060. The Morgan fingerprint density at radius 1 is 1.14 bits per heavy atom. The Morgan fingerprint density at radius 2 is 1.89 bits per heavy atom. The molecule has 2 atom stereocenters. The minimum absolute atomic E-state index is 0.0454. The SMILES string of the molecule is CCCc1cc(=O)oc2c3c(c4c(c12)OC(C)(C)C=C4)O[C@H](CC)[C@@H](C)C3=O. The van der Waals surface area contributed by atoms with Crippen molar-refractivity contribution in [3.63, 3.8) is 0 Å². The van der Waals surface area contributed by atoms with Crippen molar-refractivity contribution < 1.29 is 18.7 Å². The third kappa shape index (κ3) is 2.76. The van der Waals surface area contributed by atoms with Crippen LogP contribution in [0.25, 0.3) is 17.0 Å². The lowest BCUT2D eigenvalue weighted by Crippen LogP contribution is -2.37. The maximum atomic E-state index is 13.3. The van der Waals surface area contributed by atoms with Crippen LogP contribution in [-0.4, -0.2) is 17.5 Å². The Hall–Kier alpha value is -2.56. The van der Waals surface area contributed by atoms with Crippen LogP contribution in [0, 0.1) is 5.92 Å². The standard InChI is InChI=1S/C23H26O5/c1-6-8-13-11-16(24)27-22-17(13)21-14(9-10-23(4,5)28-21)20-18(22)19(25)12(3)15(7-2)26-20/h9-12,15H,6-8H2,1-5H3/t12-,15-/m1/s1. The summed E-state index contributed by atoms with van der Waals surface area (Å²) < 4.78 is 18.2. The summed E-state index contributed by atoms with van der Waals surface area (Å²) in [6, 6.07) is 1.51. The minimum Gasteiger partial charge on any atom is -0.488 e. The summed E-state index contributed by atoms with van der Waals surface area (Å²) in [7, 11) is 0. The molecule has 0 saturated carbocycles. The zero-order valence-electron chi connectivity index (χ0n) is 17.0. The summed E-state index contributed by atoms with van der Waals surface area (Å²) in [5.74, 6) is 0.756. The van der Waals surface area contributed by atoms with E-state index >= 15 is 0 Å². The van der Waals surface area contributed by atoms with Crippen LogP contribution in [0.2, 0.25) is 0 Å². The number of benzene rings is 1. The first kappa shape index (κ1) is 18.8. The smallest absolute Gasteiger partial charge is 0.336 e. The highest BCUT2D eigenvalue weighted by Crippen LogP contribution is 2.49. The molecule has 0 N–H and O–H groups in total. The van der Waals surface area contributed by atoms with E-state index in [0.717, 1.165) is 24.0 Å². The number of hydrogen-bond donors (Lipinski definition) is 0. The fourth-order valence-corrected chi connectivity index (χ4v) is 4.18. The number of ether oxygens (including phenoxy) is 2. The summed E-state index contributed by atoms with van der Waals surface area (Å²) in [5, 5.41) is 0.715. The zero-order chi connectivity index (χ0) is 20.2. The van der Waals surface area contributed by atoms with Crippen molar-refractivity contribution >= 4 is 22.8 Å². The van der Waals surface area contributed by atoms with Gasteiger partial charge in [-0.05, 0) is 44.4 Å². The maximum Gasteiger partial charge on any atom is 0.336 e. The lowest BCUT2D eigenvalue weighted by molar-refractivity contribution is 0.0680. The molecule has 0 bridgehead atoms. The highest BCUT2D eigenvalue weighted by atomic mass is 16.5. The van der Waals surface area contributed by atoms with Crippen LogP contribution in [0.4, 0.5) is 0 Å². The van der Waals surface area contributed by atoms with E-state index in [-0.39, 0.29) is 17.8 Å². The van der Waals surface area contributed by atoms with Crippen molar-refractivity contribution in [1.82, 2.24) is 0 Å². The van der Waals surface area contributed by atoms with E-state index < -0.39 is 11.2 Å². The van der Waals surface area contributed by atoms with E-state index in [0.29, 0.717) is 34.5 Å². The van der Waals surface area contributed by atoms with Crippen LogP contribution < -0.4 is 15.1 Å². The van der Waals surface area contributed by atoms with Crippen molar-refractivity contribution in [3.05, 3.63) is 39.3 Å². The summed E-state index contributed by atoms with van der Waals surface area (Å²) in [6.07, 6.45) is 6.00. The highest BCUT2D eigenvalue weighted by molar-refractivity contribution is 6.14. The summed E-state index contributed by atoms with van der Waals surface area (Å²) >= 11 is 0. The van der Waals surface area contributed by atoms with Gasteiger partial charge in [-0.25, -0.2) is 4.79 Å². The number of carbonyl (C=O) groups is 1. The molecular formula is C23H26O5. The Kier molecular flexibility index (Phi) is 4.36. The molecule has 28 heavy (non-hydrogen) atoms. The molecule has 2 aliphatic rings. The first-order valence-corrected chi connectivity index (χ1v) is 10.0. The average Bonchev–Trinajstić information content (AvgIpc) is 2.63. The first-order valence-electron chi connectivity index (χ1n) is 10.0. The van der Waals surface area contributed by atoms with Crippen molar-refractivity contribution in [1.29, 1.82) is 0 Å². The van der Waals surface area contributed by atoms with Crippen molar-refractivity contribution in [2.45, 2.75) is 65.6 Å². The van der Waals surface area contributed by atoms with E-state index in [4.69, 9.17) is 13.9 Å². The largest absolute Gasteiger partial charge is 0.488 e. The number of rotatable bonds is 3. The van der Waals surface area contributed by atoms with Crippen LogP contribution in [0.15, 0.2) is 21.4 Å². The molecule has 2 aliphatic heterocycles. The number of Topliss-reactive ketones (excluding diaryl/α,β-unsaturated/α-hetero) is 1. The fourth-order valence-electron chi connectivity index (χ4n) is 4.18. The van der Waals surface area contributed by atoms with Gasteiger partial charge in [-0.15, -0.1) is 0 Å². The molecule has 0 amide bonds. The Balaban J connectivity index is 2.16. The molecule has 0 radical (unpaired) electrons. The third-order valence-corrected chi connectivity index (χ3v) is 5.64. The molecular weight excluding hydrogens is 356 g/mol. The topological polar surface area (TPSA) is 65.7 Å². The monoisotopic (exact) mass is 382 g/mol. The van der Waals surface area contributed by atoms with Gasteiger partial charge >= 0.3 is 5.63 Å². The minimum atomic E-state index is -0.510. The summed E-state index contributed by atoms with van der Waals surface area (Å²) in [5.41, 5.74) is 1.30. The predicted molar refractivity (Wildman–Crippen MR) is 108 cm³/mol. The normalized spacial score (nSPS) is 22.4. The van der Waals surface area contributed by atoms with Crippen LogP contribution >= 0.6 is 0 Å². The summed E-state index contributed by atoms with van der Waals surface area (Å²) in [6.45, 7) is 9.87. The van der Waals surface area contributed by atoms with Crippen LogP contribution in [0.5, 0.6) is 11.5 Å². The van der Waals surface area contributed by atoms with E-state index in [1.165, 1.54) is 6.07 Å². The molecule has 0 aliphatic carbocycles. The Morgan fingerprint density at radius 3 is 2.57 bits per heavy atom. The van der Waals surface area contributed by atoms with E-state index in [9.17, 15) is 9.59 Å². The molecule has 2 aromatic rings.